The maximum Gasteiger partial charge on any atom is 0.154 e. The number of aromatic nitrogens is 2. The van der Waals surface area contributed by atoms with E-state index in [1.807, 2.05) is 0 Å². The van der Waals surface area contributed by atoms with Crippen LogP contribution in [0.25, 0.3) is 0 Å². The van der Waals surface area contributed by atoms with E-state index in [0.29, 0.717) is 12.5 Å². The Kier molecular flexibility index (Phi) is 3.57. The van der Waals surface area contributed by atoms with E-state index in [2.05, 4.69) is 17.2 Å². The fourth-order valence-electron chi connectivity index (χ4n) is 2.49. The van der Waals surface area contributed by atoms with E-state index >= 15 is 0 Å². The Labute approximate surface area is 108 Å². The maximum absolute atomic E-state index is 5.57. The minimum atomic E-state index is 0.564. The summed E-state index contributed by atoms with van der Waals surface area (Å²) < 4.78 is 5.57. The molecule has 3 rings (SSSR count). The van der Waals surface area contributed by atoms with Crippen molar-refractivity contribution in [3.8, 4) is 0 Å². The number of hydrogen-bond donors (Lipinski definition) is 1. The number of ether oxygens (including phenoxy) is 1. The molecule has 18 heavy (non-hydrogen) atoms. The largest absolute Gasteiger partial charge is 0.373 e. The standard InChI is InChI=1S/C14H21N3O/c1-2-7-18-9-13-16-12-5-6-15-8-11(12)14(17-13)10-3-4-10/h10,15H,2-9H2,1H3. The van der Waals surface area contributed by atoms with Crippen molar-refractivity contribution in [2.24, 2.45) is 0 Å². The first-order valence-corrected chi connectivity index (χ1v) is 7.05. The normalized spacial score (nSPS) is 18.7. The quantitative estimate of drug-likeness (QED) is 0.808. The molecular weight excluding hydrogens is 226 g/mol. The summed E-state index contributed by atoms with van der Waals surface area (Å²) in [5, 5.41) is 3.42. The fraction of sp³-hybridized carbons (Fsp3) is 0.714. The van der Waals surface area contributed by atoms with Crippen molar-refractivity contribution in [2.45, 2.75) is 51.7 Å². The zero-order chi connectivity index (χ0) is 12.4. The zero-order valence-electron chi connectivity index (χ0n) is 11.0. The van der Waals surface area contributed by atoms with Gasteiger partial charge in [-0.25, -0.2) is 9.97 Å². The summed E-state index contributed by atoms with van der Waals surface area (Å²) in [6.45, 7) is 5.45. The van der Waals surface area contributed by atoms with Gasteiger partial charge >= 0.3 is 0 Å². The van der Waals surface area contributed by atoms with E-state index in [-0.39, 0.29) is 0 Å². The Bertz CT molecular complexity index is 429. The third kappa shape index (κ3) is 2.54. The number of nitrogens with zero attached hydrogens (tertiary/aromatic N) is 2. The van der Waals surface area contributed by atoms with Crippen molar-refractivity contribution in [3.05, 3.63) is 22.8 Å². The van der Waals surface area contributed by atoms with Crippen LogP contribution in [0.2, 0.25) is 0 Å². The molecule has 4 heteroatoms. The highest BCUT2D eigenvalue weighted by molar-refractivity contribution is 5.32. The molecule has 1 aliphatic heterocycles. The highest BCUT2D eigenvalue weighted by Gasteiger charge is 2.30. The van der Waals surface area contributed by atoms with Gasteiger partial charge in [0.1, 0.15) is 6.61 Å². The minimum Gasteiger partial charge on any atom is -0.373 e. The number of nitrogens with one attached hydrogen (secondary N) is 1. The van der Waals surface area contributed by atoms with Crippen LogP contribution >= 0.6 is 0 Å². The van der Waals surface area contributed by atoms with Crippen molar-refractivity contribution >= 4 is 0 Å². The van der Waals surface area contributed by atoms with Crippen molar-refractivity contribution in [1.29, 1.82) is 0 Å². The topological polar surface area (TPSA) is 47.0 Å². The van der Waals surface area contributed by atoms with E-state index < -0.39 is 0 Å². The smallest absolute Gasteiger partial charge is 0.154 e. The van der Waals surface area contributed by atoms with Gasteiger partial charge in [-0.3, -0.25) is 0 Å². The molecule has 1 fully saturated rings. The van der Waals surface area contributed by atoms with Gasteiger partial charge in [-0.1, -0.05) is 6.92 Å². The Balaban J connectivity index is 1.84. The van der Waals surface area contributed by atoms with Gasteiger partial charge in [0.15, 0.2) is 5.82 Å². The second kappa shape index (κ2) is 5.33. The SMILES string of the molecule is CCCOCc1nc2c(c(C3CC3)n1)CNCC2. The zero-order valence-corrected chi connectivity index (χ0v) is 11.0. The summed E-state index contributed by atoms with van der Waals surface area (Å²) in [6, 6.07) is 0. The lowest BCUT2D eigenvalue weighted by atomic mass is 10.0. The molecule has 2 aliphatic rings. The fourth-order valence-corrected chi connectivity index (χ4v) is 2.49. The summed E-state index contributed by atoms with van der Waals surface area (Å²) in [6.07, 6.45) is 4.65. The van der Waals surface area contributed by atoms with Crippen LogP contribution in [0.4, 0.5) is 0 Å². The average molecular weight is 247 g/mol. The van der Waals surface area contributed by atoms with Crippen LogP contribution in [0.3, 0.4) is 0 Å². The van der Waals surface area contributed by atoms with Gasteiger partial charge in [-0.15, -0.1) is 0 Å². The molecule has 0 amide bonds. The van der Waals surface area contributed by atoms with E-state index in [1.54, 1.807) is 0 Å². The summed E-state index contributed by atoms with van der Waals surface area (Å²) >= 11 is 0. The van der Waals surface area contributed by atoms with Gasteiger partial charge in [0.05, 0.1) is 11.4 Å². The predicted octanol–water partition coefficient (Wildman–Crippen LogP) is 1.93. The molecule has 0 spiro atoms. The van der Waals surface area contributed by atoms with Gasteiger partial charge in [-0.05, 0) is 19.3 Å². The van der Waals surface area contributed by atoms with Gasteiger partial charge in [0.2, 0.25) is 0 Å². The van der Waals surface area contributed by atoms with Crippen molar-refractivity contribution in [2.75, 3.05) is 13.2 Å². The molecule has 1 saturated carbocycles. The Morgan fingerprint density at radius 1 is 1.33 bits per heavy atom. The molecule has 0 unspecified atom stereocenters. The first-order chi connectivity index (χ1) is 8.88. The summed E-state index contributed by atoms with van der Waals surface area (Å²) in [7, 11) is 0. The molecule has 1 aliphatic carbocycles. The van der Waals surface area contributed by atoms with Crippen LogP contribution in [0.15, 0.2) is 0 Å². The Morgan fingerprint density at radius 2 is 2.22 bits per heavy atom. The third-order valence-electron chi connectivity index (χ3n) is 3.56. The maximum atomic E-state index is 5.57. The van der Waals surface area contributed by atoms with E-state index in [0.717, 1.165) is 38.4 Å². The van der Waals surface area contributed by atoms with Gasteiger partial charge in [0.25, 0.3) is 0 Å². The first-order valence-electron chi connectivity index (χ1n) is 7.05. The summed E-state index contributed by atoms with van der Waals surface area (Å²) in [4.78, 5) is 9.42. The average Bonchev–Trinajstić information content (AvgIpc) is 3.22. The van der Waals surface area contributed by atoms with Gasteiger partial charge in [0, 0.05) is 37.6 Å². The highest BCUT2D eigenvalue weighted by atomic mass is 16.5. The first kappa shape index (κ1) is 12.1. The molecule has 0 atom stereocenters. The summed E-state index contributed by atoms with van der Waals surface area (Å²) in [5.41, 5.74) is 3.91. The van der Waals surface area contributed by atoms with Crippen LogP contribution in [-0.4, -0.2) is 23.1 Å². The lowest BCUT2D eigenvalue weighted by molar-refractivity contribution is 0.115. The molecule has 1 aromatic heterocycles. The second-order valence-corrected chi connectivity index (χ2v) is 5.20. The molecule has 0 bridgehead atoms. The summed E-state index contributed by atoms with van der Waals surface area (Å²) in [5.74, 6) is 1.57. The molecule has 2 heterocycles. The van der Waals surface area contributed by atoms with Crippen molar-refractivity contribution in [3.63, 3.8) is 0 Å². The van der Waals surface area contributed by atoms with E-state index in [1.165, 1.54) is 29.8 Å². The Morgan fingerprint density at radius 3 is 3.00 bits per heavy atom. The van der Waals surface area contributed by atoms with Crippen molar-refractivity contribution < 1.29 is 4.74 Å². The second-order valence-electron chi connectivity index (χ2n) is 5.20. The lowest BCUT2D eigenvalue weighted by Gasteiger charge is -2.20. The minimum absolute atomic E-state index is 0.564. The van der Waals surface area contributed by atoms with E-state index in [9.17, 15) is 0 Å². The van der Waals surface area contributed by atoms with Crippen LogP contribution < -0.4 is 5.32 Å². The predicted molar refractivity (Wildman–Crippen MR) is 69.4 cm³/mol. The molecule has 98 valence electrons. The molecule has 0 radical (unpaired) electrons. The van der Waals surface area contributed by atoms with Crippen LogP contribution in [0, 0.1) is 0 Å². The Hall–Kier alpha value is -1.00. The lowest BCUT2D eigenvalue weighted by Crippen LogP contribution is -2.27. The molecular formula is C14H21N3O. The van der Waals surface area contributed by atoms with E-state index in [4.69, 9.17) is 9.72 Å². The molecule has 4 nitrogen and oxygen atoms in total. The van der Waals surface area contributed by atoms with Gasteiger partial charge in [-0.2, -0.15) is 0 Å². The number of rotatable bonds is 5. The third-order valence-corrected chi connectivity index (χ3v) is 3.56. The highest BCUT2D eigenvalue weighted by Crippen LogP contribution is 2.41. The molecule has 1 N–H and O–H groups in total. The number of hydrogen-bond acceptors (Lipinski definition) is 4. The number of fused-ring (bicyclic) bond motifs is 1. The van der Waals surface area contributed by atoms with Crippen molar-refractivity contribution in [1.82, 2.24) is 15.3 Å². The van der Waals surface area contributed by atoms with Crippen LogP contribution in [0.1, 0.15) is 54.9 Å². The van der Waals surface area contributed by atoms with Crippen LogP contribution in [-0.2, 0) is 24.3 Å². The van der Waals surface area contributed by atoms with Crippen LogP contribution in [0.5, 0.6) is 0 Å². The molecule has 0 aromatic carbocycles. The van der Waals surface area contributed by atoms with Gasteiger partial charge < -0.3 is 10.1 Å². The monoisotopic (exact) mass is 247 g/mol. The molecule has 1 aromatic rings. The molecule has 0 saturated heterocycles.